The molecule has 0 aliphatic heterocycles. The fourth-order valence-corrected chi connectivity index (χ4v) is 3.17. The van der Waals surface area contributed by atoms with Gasteiger partial charge in [0.15, 0.2) is 24.8 Å². The number of hydrogen-bond acceptors (Lipinski definition) is 10. The van der Waals surface area contributed by atoms with Gasteiger partial charge >= 0.3 is 0 Å². The van der Waals surface area contributed by atoms with Gasteiger partial charge in [-0.25, -0.2) is 39.0 Å². The Morgan fingerprint density at radius 2 is 0.908 bits per heavy atom. The molecule has 362 valence electrons. The van der Waals surface area contributed by atoms with Crippen LogP contribution in [0.2, 0.25) is 0 Å². The fraction of sp³-hybridized carbons (Fsp3) is 0.434. The molecule has 0 aromatic carbocycles. The number of pyridine rings is 2. The van der Waals surface area contributed by atoms with Gasteiger partial charge in [-0.05, 0) is 89.9 Å². The molecule has 12 nitrogen and oxygen atoms in total. The molecule has 65 heavy (non-hydrogen) atoms. The monoisotopic (exact) mass is 897 g/mol. The van der Waals surface area contributed by atoms with Crippen LogP contribution in [0.4, 0.5) is 0 Å². The standard InChI is InChI=1S/2C7H10N.5C5H6N2.7C2H6/c1-7-3-5-8(2)6-4-7;1-7-4-3-5-8(2)6-7;1-5-2-6-4-7-3-5;1-5-4-6-2-3-7-5;1-5-2-3-6-4-7-5;1-5-6-3-2-4-7-5;1-5-3-2-4-6-7-5;7*1-2/h2*3-6H,1-2H3;5*2-4H,1H3;7*1-2H3/q2*+1;;;;;;;;;;;;. The topological polar surface area (TPSA) is 137 Å². The lowest BCUT2D eigenvalue weighted by Gasteiger charge is -1.85. The zero-order chi connectivity index (χ0) is 51.5. The Morgan fingerprint density at radius 1 is 0.354 bits per heavy atom. The first-order chi connectivity index (χ1) is 31.5. The van der Waals surface area contributed by atoms with Crippen LogP contribution in [0.25, 0.3) is 0 Å². The van der Waals surface area contributed by atoms with Crippen molar-refractivity contribution < 1.29 is 9.13 Å². The van der Waals surface area contributed by atoms with E-state index in [4.69, 9.17) is 0 Å². The summed E-state index contributed by atoms with van der Waals surface area (Å²) in [6, 6.07) is 15.7. The Labute approximate surface area is 398 Å². The van der Waals surface area contributed by atoms with E-state index in [0.717, 1.165) is 28.5 Å². The van der Waals surface area contributed by atoms with Crippen molar-refractivity contribution in [1.29, 1.82) is 0 Å². The molecule has 0 aliphatic carbocycles. The lowest BCUT2D eigenvalue weighted by Crippen LogP contribution is -2.26. The highest BCUT2D eigenvalue weighted by atomic mass is 15.1. The molecule has 7 heterocycles. The smallest absolute Gasteiger partial charge is 0.171 e. The molecule has 0 unspecified atom stereocenters. The Balaban J connectivity index is -0.000000115. The Morgan fingerprint density at radius 3 is 1.15 bits per heavy atom. The third-order valence-electron chi connectivity index (χ3n) is 5.75. The minimum atomic E-state index is 0.822. The van der Waals surface area contributed by atoms with E-state index in [0.29, 0.717) is 0 Å². The third-order valence-corrected chi connectivity index (χ3v) is 5.75. The van der Waals surface area contributed by atoms with Crippen molar-refractivity contribution in [3.8, 4) is 0 Å². The first-order valence-corrected chi connectivity index (χ1v) is 23.0. The summed E-state index contributed by atoms with van der Waals surface area (Å²) < 4.78 is 4.06. The van der Waals surface area contributed by atoms with Crippen LogP contribution in [-0.4, -0.2) is 50.1 Å². The second-order valence-corrected chi connectivity index (χ2v) is 10.9. The summed E-state index contributed by atoms with van der Waals surface area (Å²) in [5.74, 6) is 0.822. The maximum Gasteiger partial charge on any atom is 0.171 e. The zero-order valence-electron chi connectivity index (χ0n) is 45.1. The lowest BCUT2D eigenvalue weighted by molar-refractivity contribution is -0.671. The first-order valence-electron chi connectivity index (χ1n) is 23.0. The maximum atomic E-state index is 3.92. The van der Waals surface area contributed by atoms with Crippen molar-refractivity contribution in [2.24, 2.45) is 14.1 Å². The van der Waals surface area contributed by atoms with Gasteiger partial charge in [-0.2, -0.15) is 10.2 Å². The number of hydrogen-bond donors (Lipinski definition) is 0. The van der Waals surface area contributed by atoms with Gasteiger partial charge in [0, 0.05) is 85.2 Å². The average molecular weight is 897 g/mol. The quantitative estimate of drug-likeness (QED) is 0.135. The van der Waals surface area contributed by atoms with E-state index in [9.17, 15) is 0 Å². The molecule has 0 amide bonds. The summed E-state index contributed by atoms with van der Waals surface area (Å²) in [5, 5.41) is 7.36. The minimum Gasteiger partial charge on any atom is -0.261 e. The van der Waals surface area contributed by atoms with Gasteiger partial charge in [-0.15, -0.1) is 0 Å². The number of rotatable bonds is 0. The van der Waals surface area contributed by atoms with Gasteiger partial charge in [-0.3, -0.25) is 9.97 Å². The first kappa shape index (κ1) is 73.1. The van der Waals surface area contributed by atoms with Crippen molar-refractivity contribution in [2.75, 3.05) is 0 Å². The van der Waals surface area contributed by atoms with Crippen LogP contribution in [0.5, 0.6) is 0 Å². The molecule has 0 aliphatic rings. The number of aryl methyl sites for hydroxylation is 9. The van der Waals surface area contributed by atoms with Crippen molar-refractivity contribution in [1.82, 2.24) is 50.1 Å². The van der Waals surface area contributed by atoms with Gasteiger partial charge in [-0.1, -0.05) is 96.9 Å². The number of nitrogens with zero attached hydrogens (tertiary/aromatic N) is 12. The summed E-state index contributed by atoms with van der Waals surface area (Å²) in [4.78, 5) is 30.6. The van der Waals surface area contributed by atoms with E-state index in [1.54, 1.807) is 61.8 Å². The van der Waals surface area contributed by atoms with Gasteiger partial charge in [0.2, 0.25) is 0 Å². The van der Waals surface area contributed by atoms with Crippen molar-refractivity contribution >= 4 is 0 Å². The van der Waals surface area contributed by atoms with E-state index >= 15 is 0 Å². The molecular formula is C53H92N12+2. The highest BCUT2D eigenvalue weighted by Gasteiger charge is 1.88. The van der Waals surface area contributed by atoms with E-state index in [1.807, 2.05) is 198 Å². The normalized spacial score (nSPS) is 7.62. The third kappa shape index (κ3) is 62.1. The molecule has 0 atom stereocenters. The second kappa shape index (κ2) is 64.3. The molecule has 0 radical (unpaired) electrons. The summed E-state index contributed by atoms with van der Waals surface area (Å²) in [6.07, 6.45) is 26.7. The zero-order valence-corrected chi connectivity index (χ0v) is 45.1. The highest BCUT2D eigenvalue weighted by Crippen LogP contribution is 1.88. The van der Waals surface area contributed by atoms with Crippen molar-refractivity contribution in [3.05, 3.63) is 181 Å². The summed E-state index contributed by atoms with van der Waals surface area (Å²) in [5.41, 5.74) is 6.64. The second-order valence-electron chi connectivity index (χ2n) is 10.9. The number of aromatic nitrogens is 12. The Bertz CT molecular complexity index is 1550. The van der Waals surface area contributed by atoms with Gasteiger partial charge in [0.1, 0.15) is 32.6 Å². The SMILES string of the molecule is CC.CC.CC.CC.CC.CC.CC.Cc1cc[n+](C)cc1.Cc1ccc[n+](C)c1.Cc1cccnn1.Cc1ccncn1.Cc1cnccn1.Cc1cncnc1.Cc1ncccn1. The van der Waals surface area contributed by atoms with Crippen LogP contribution < -0.4 is 9.13 Å². The van der Waals surface area contributed by atoms with Crippen LogP contribution >= 0.6 is 0 Å². The molecule has 7 aromatic rings. The van der Waals surface area contributed by atoms with Crippen LogP contribution in [-0.2, 0) is 14.1 Å². The van der Waals surface area contributed by atoms with Gasteiger partial charge in [0.05, 0.1) is 11.4 Å². The molecule has 0 saturated carbocycles. The summed E-state index contributed by atoms with van der Waals surface area (Å²) in [6.45, 7) is 41.7. The van der Waals surface area contributed by atoms with Gasteiger partial charge in [0.25, 0.3) is 0 Å². The lowest BCUT2D eigenvalue weighted by atomic mass is 10.3. The molecule has 0 N–H and O–H groups in total. The predicted molar refractivity (Wildman–Crippen MR) is 278 cm³/mol. The van der Waals surface area contributed by atoms with Crippen molar-refractivity contribution in [3.63, 3.8) is 0 Å². The Kier molecular flexibility index (Phi) is 72.4. The summed E-state index contributed by atoms with van der Waals surface area (Å²) >= 11 is 0. The van der Waals surface area contributed by atoms with E-state index in [2.05, 4.69) is 88.3 Å². The molecule has 0 saturated heterocycles. The average Bonchev–Trinajstić information content (AvgIpc) is 3.37. The van der Waals surface area contributed by atoms with Crippen LogP contribution in [0.15, 0.2) is 142 Å². The van der Waals surface area contributed by atoms with Crippen LogP contribution in [0.3, 0.4) is 0 Å². The van der Waals surface area contributed by atoms with Gasteiger partial charge < -0.3 is 0 Å². The summed E-state index contributed by atoms with van der Waals surface area (Å²) in [7, 11) is 4.03. The highest BCUT2D eigenvalue weighted by molar-refractivity contribution is 5.03. The fourth-order valence-electron chi connectivity index (χ4n) is 3.17. The molecule has 0 bridgehead atoms. The molecule has 0 spiro atoms. The molecule has 12 heteroatoms. The minimum absolute atomic E-state index is 0.822. The molecule has 7 aromatic heterocycles. The van der Waals surface area contributed by atoms with Crippen molar-refractivity contribution in [2.45, 2.75) is 145 Å². The maximum absolute atomic E-state index is 3.92. The van der Waals surface area contributed by atoms with Crippen LogP contribution in [0.1, 0.15) is 137 Å². The molecular weight excluding hydrogens is 805 g/mol. The largest absolute Gasteiger partial charge is 0.261 e. The van der Waals surface area contributed by atoms with Crippen LogP contribution in [0, 0.1) is 48.5 Å². The molecule has 7 rings (SSSR count). The van der Waals surface area contributed by atoms with E-state index in [1.165, 1.54) is 23.8 Å². The Hall–Kier alpha value is -6.30. The predicted octanol–water partition coefficient (Wildman–Crippen LogP) is 12.7. The van der Waals surface area contributed by atoms with E-state index < -0.39 is 0 Å². The van der Waals surface area contributed by atoms with E-state index in [-0.39, 0.29) is 0 Å². The molecule has 0 fully saturated rings.